The van der Waals surface area contributed by atoms with Gasteiger partial charge in [0.25, 0.3) is 0 Å². The SMILES string of the molecule is COc1cccc(C[C@H](NC(=O)C[C@H](O)CNC(=O)OCc2ccccc2)C(=O)O)c1. The molecule has 0 radical (unpaired) electrons. The molecule has 31 heavy (non-hydrogen) atoms. The quantitative estimate of drug-likeness (QED) is 0.424. The maximum absolute atomic E-state index is 12.1. The number of alkyl carbamates (subject to hydrolysis) is 1. The monoisotopic (exact) mass is 430 g/mol. The number of carbonyl (C=O) groups is 3. The van der Waals surface area contributed by atoms with Crippen molar-refractivity contribution < 1.29 is 34.1 Å². The fourth-order valence-corrected chi connectivity index (χ4v) is 2.75. The lowest BCUT2D eigenvalue weighted by Crippen LogP contribution is -2.44. The molecule has 0 saturated carbocycles. The van der Waals surface area contributed by atoms with Crippen LogP contribution in [0, 0.1) is 0 Å². The fraction of sp³-hybridized carbons (Fsp3) is 0.318. The molecule has 0 unspecified atom stereocenters. The molecule has 9 nitrogen and oxygen atoms in total. The van der Waals surface area contributed by atoms with Crippen molar-refractivity contribution in [3.8, 4) is 5.75 Å². The van der Waals surface area contributed by atoms with Gasteiger partial charge in [-0.25, -0.2) is 9.59 Å². The predicted octanol–water partition coefficient (Wildman–Crippen LogP) is 1.48. The van der Waals surface area contributed by atoms with Crippen LogP contribution in [0.3, 0.4) is 0 Å². The first-order valence-corrected chi connectivity index (χ1v) is 9.65. The van der Waals surface area contributed by atoms with Crippen LogP contribution in [0.1, 0.15) is 17.5 Å². The first-order chi connectivity index (χ1) is 14.9. The van der Waals surface area contributed by atoms with Gasteiger partial charge in [-0.15, -0.1) is 0 Å². The molecular weight excluding hydrogens is 404 g/mol. The number of ether oxygens (including phenoxy) is 2. The highest BCUT2D eigenvalue weighted by molar-refractivity contribution is 5.84. The van der Waals surface area contributed by atoms with Crippen molar-refractivity contribution >= 4 is 18.0 Å². The van der Waals surface area contributed by atoms with E-state index in [1.807, 2.05) is 18.2 Å². The molecule has 0 spiro atoms. The van der Waals surface area contributed by atoms with Crippen LogP contribution >= 0.6 is 0 Å². The molecule has 0 aliphatic carbocycles. The van der Waals surface area contributed by atoms with Gasteiger partial charge >= 0.3 is 12.1 Å². The third-order valence-corrected chi connectivity index (χ3v) is 4.32. The average molecular weight is 430 g/mol. The number of carbonyl (C=O) groups excluding carboxylic acids is 2. The molecule has 0 aromatic heterocycles. The molecule has 0 heterocycles. The lowest BCUT2D eigenvalue weighted by atomic mass is 10.1. The normalized spacial score (nSPS) is 12.3. The molecule has 2 rings (SSSR count). The topological polar surface area (TPSA) is 134 Å². The Hall–Kier alpha value is -3.59. The van der Waals surface area contributed by atoms with E-state index in [4.69, 9.17) is 9.47 Å². The fourth-order valence-electron chi connectivity index (χ4n) is 2.75. The zero-order chi connectivity index (χ0) is 22.6. The molecular formula is C22H26N2O7. The summed E-state index contributed by atoms with van der Waals surface area (Å²) in [5, 5.41) is 24.1. The Labute approximate surface area is 180 Å². The van der Waals surface area contributed by atoms with Gasteiger partial charge < -0.3 is 30.3 Å². The minimum atomic E-state index is -1.20. The number of hydrogen-bond acceptors (Lipinski definition) is 6. The molecule has 0 aliphatic rings. The zero-order valence-electron chi connectivity index (χ0n) is 17.1. The van der Waals surface area contributed by atoms with Gasteiger partial charge in [-0.1, -0.05) is 42.5 Å². The summed E-state index contributed by atoms with van der Waals surface area (Å²) in [4.78, 5) is 35.3. The number of aliphatic hydroxyl groups excluding tert-OH is 1. The summed E-state index contributed by atoms with van der Waals surface area (Å²) in [7, 11) is 1.50. The van der Waals surface area contributed by atoms with Crippen LogP contribution in [-0.4, -0.2) is 54.0 Å². The minimum Gasteiger partial charge on any atom is -0.497 e. The van der Waals surface area contributed by atoms with Crippen molar-refractivity contribution in [3.63, 3.8) is 0 Å². The van der Waals surface area contributed by atoms with Crippen LogP contribution in [0.5, 0.6) is 5.75 Å². The maximum Gasteiger partial charge on any atom is 0.407 e. The number of aliphatic carboxylic acids is 1. The summed E-state index contributed by atoms with van der Waals surface area (Å²) in [6, 6.07) is 14.8. The zero-order valence-corrected chi connectivity index (χ0v) is 17.1. The van der Waals surface area contributed by atoms with Gasteiger partial charge in [0.2, 0.25) is 5.91 Å². The number of amides is 2. The highest BCUT2D eigenvalue weighted by atomic mass is 16.5. The van der Waals surface area contributed by atoms with Crippen LogP contribution in [-0.2, 0) is 27.4 Å². The van der Waals surface area contributed by atoms with Crippen LogP contribution < -0.4 is 15.4 Å². The lowest BCUT2D eigenvalue weighted by Gasteiger charge is -2.17. The molecule has 0 saturated heterocycles. The number of hydrogen-bond donors (Lipinski definition) is 4. The predicted molar refractivity (Wildman–Crippen MR) is 112 cm³/mol. The number of aliphatic hydroxyl groups is 1. The van der Waals surface area contributed by atoms with Crippen molar-refractivity contribution in [2.75, 3.05) is 13.7 Å². The number of benzene rings is 2. The first-order valence-electron chi connectivity index (χ1n) is 9.65. The molecule has 0 bridgehead atoms. The third-order valence-electron chi connectivity index (χ3n) is 4.32. The van der Waals surface area contributed by atoms with Gasteiger partial charge in [0, 0.05) is 13.0 Å². The molecule has 2 aromatic rings. The van der Waals surface area contributed by atoms with Gasteiger partial charge in [0.1, 0.15) is 18.4 Å². The van der Waals surface area contributed by atoms with Crippen LogP contribution in [0.25, 0.3) is 0 Å². The third kappa shape index (κ3) is 8.75. The Balaban J connectivity index is 1.75. The number of rotatable bonds is 11. The van der Waals surface area contributed by atoms with E-state index in [9.17, 15) is 24.6 Å². The average Bonchev–Trinajstić information content (AvgIpc) is 2.76. The Morgan fingerprint density at radius 3 is 2.42 bits per heavy atom. The van der Waals surface area contributed by atoms with Gasteiger partial charge in [-0.3, -0.25) is 4.79 Å². The number of carboxylic acid groups (broad SMARTS) is 1. The molecule has 0 fully saturated rings. The van der Waals surface area contributed by atoms with Crippen molar-refractivity contribution in [3.05, 3.63) is 65.7 Å². The molecule has 2 aromatic carbocycles. The molecule has 2 atom stereocenters. The minimum absolute atomic E-state index is 0.0540. The van der Waals surface area contributed by atoms with Crippen LogP contribution in [0.4, 0.5) is 4.79 Å². The Bertz CT molecular complexity index is 873. The Kier molecular flexibility index (Phi) is 9.31. The van der Waals surface area contributed by atoms with E-state index >= 15 is 0 Å². The van der Waals surface area contributed by atoms with Crippen molar-refractivity contribution in [2.24, 2.45) is 0 Å². The van der Waals surface area contributed by atoms with E-state index in [1.165, 1.54) is 7.11 Å². The maximum atomic E-state index is 12.1. The Morgan fingerprint density at radius 2 is 1.74 bits per heavy atom. The summed E-state index contributed by atoms with van der Waals surface area (Å²) in [6.07, 6.45) is -2.25. The number of nitrogens with one attached hydrogen (secondary N) is 2. The van der Waals surface area contributed by atoms with E-state index in [0.717, 1.165) is 5.56 Å². The van der Waals surface area contributed by atoms with Crippen molar-refractivity contribution in [1.29, 1.82) is 0 Å². The highest BCUT2D eigenvalue weighted by Gasteiger charge is 2.22. The summed E-state index contributed by atoms with van der Waals surface area (Å²) in [5.74, 6) is -1.27. The van der Waals surface area contributed by atoms with Crippen molar-refractivity contribution in [1.82, 2.24) is 10.6 Å². The second kappa shape index (κ2) is 12.2. The van der Waals surface area contributed by atoms with E-state index in [-0.39, 0.29) is 26.0 Å². The summed E-state index contributed by atoms with van der Waals surface area (Å²) >= 11 is 0. The van der Waals surface area contributed by atoms with E-state index < -0.39 is 30.1 Å². The first kappa shape index (κ1) is 23.7. The summed E-state index contributed by atoms with van der Waals surface area (Å²) < 4.78 is 10.1. The van der Waals surface area contributed by atoms with Gasteiger partial charge in [0.15, 0.2) is 0 Å². The summed E-state index contributed by atoms with van der Waals surface area (Å²) in [5.41, 5.74) is 1.49. The van der Waals surface area contributed by atoms with Crippen molar-refractivity contribution in [2.45, 2.75) is 31.6 Å². The second-order valence-corrected chi connectivity index (χ2v) is 6.81. The van der Waals surface area contributed by atoms with Crippen LogP contribution in [0.2, 0.25) is 0 Å². The van der Waals surface area contributed by atoms with Crippen LogP contribution in [0.15, 0.2) is 54.6 Å². The molecule has 4 N–H and O–H groups in total. The molecule has 166 valence electrons. The standard InChI is InChI=1S/C22H26N2O7/c1-30-18-9-5-8-16(10-18)11-19(21(27)28)24-20(26)12-17(25)13-23-22(29)31-14-15-6-3-2-4-7-15/h2-10,17,19,25H,11-14H2,1H3,(H,23,29)(H,24,26)(H,27,28)/t17-,19-/m0/s1. The van der Waals surface area contributed by atoms with E-state index in [0.29, 0.717) is 11.3 Å². The Morgan fingerprint density at radius 1 is 1.03 bits per heavy atom. The van der Waals surface area contributed by atoms with E-state index in [1.54, 1.807) is 36.4 Å². The smallest absolute Gasteiger partial charge is 0.407 e. The van der Waals surface area contributed by atoms with Gasteiger partial charge in [0.05, 0.1) is 19.6 Å². The molecule has 2 amide bonds. The highest BCUT2D eigenvalue weighted by Crippen LogP contribution is 2.14. The summed E-state index contributed by atoms with van der Waals surface area (Å²) in [6.45, 7) is -0.136. The molecule has 9 heteroatoms. The van der Waals surface area contributed by atoms with Gasteiger partial charge in [-0.05, 0) is 23.3 Å². The molecule has 0 aliphatic heterocycles. The largest absolute Gasteiger partial charge is 0.497 e. The second-order valence-electron chi connectivity index (χ2n) is 6.81. The van der Waals surface area contributed by atoms with E-state index in [2.05, 4.69) is 10.6 Å². The number of carboxylic acids is 1. The van der Waals surface area contributed by atoms with Gasteiger partial charge in [-0.2, -0.15) is 0 Å². The lowest BCUT2D eigenvalue weighted by molar-refractivity contribution is -0.142. The number of methoxy groups -OCH3 is 1.